The summed E-state index contributed by atoms with van der Waals surface area (Å²) in [6, 6.07) is 11.3. The molecule has 4 heteroatoms. The second-order valence-corrected chi connectivity index (χ2v) is 6.18. The summed E-state index contributed by atoms with van der Waals surface area (Å²) in [6.45, 7) is 2.72. The molecule has 108 valence electrons. The lowest BCUT2D eigenvalue weighted by Crippen LogP contribution is -2.03. The number of aromatic amines is 1. The highest BCUT2D eigenvalue weighted by molar-refractivity contribution is 7.99. The summed E-state index contributed by atoms with van der Waals surface area (Å²) >= 11 is 1.70. The monoisotopic (exact) mass is 300 g/mol. The molecule has 1 aromatic heterocycles. The van der Waals surface area contributed by atoms with Gasteiger partial charge in [0.15, 0.2) is 0 Å². The second kappa shape index (κ2) is 5.92. The van der Waals surface area contributed by atoms with Gasteiger partial charge in [-0.15, -0.1) is 0 Å². The Labute approximate surface area is 127 Å². The molecule has 0 saturated heterocycles. The standard InChI is InChI=1S/C17H17FN2S/c1-11-2-5-16(12(8-11)6-7-19)21-17-10-20-15-9-13(18)3-4-14(15)17/h2-5,8-10,20H,6-7,19H2,1H3. The first kappa shape index (κ1) is 14.2. The number of aromatic nitrogens is 1. The predicted molar refractivity (Wildman–Crippen MR) is 86.3 cm³/mol. The van der Waals surface area contributed by atoms with E-state index in [0.717, 1.165) is 22.2 Å². The van der Waals surface area contributed by atoms with Crippen molar-refractivity contribution >= 4 is 22.7 Å². The van der Waals surface area contributed by atoms with E-state index >= 15 is 0 Å². The van der Waals surface area contributed by atoms with Gasteiger partial charge in [-0.05, 0) is 49.7 Å². The third-order valence-electron chi connectivity index (χ3n) is 3.46. The van der Waals surface area contributed by atoms with Crippen LogP contribution < -0.4 is 5.73 Å². The Morgan fingerprint density at radius 2 is 2.00 bits per heavy atom. The minimum absolute atomic E-state index is 0.222. The van der Waals surface area contributed by atoms with Gasteiger partial charge in [-0.25, -0.2) is 4.39 Å². The molecule has 0 aliphatic carbocycles. The highest BCUT2D eigenvalue weighted by atomic mass is 32.2. The van der Waals surface area contributed by atoms with Crippen LogP contribution in [-0.2, 0) is 6.42 Å². The number of halogens is 1. The summed E-state index contributed by atoms with van der Waals surface area (Å²) in [5, 5.41) is 1.04. The Morgan fingerprint density at radius 3 is 2.81 bits per heavy atom. The third-order valence-corrected chi connectivity index (χ3v) is 4.63. The molecule has 0 aliphatic rings. The third kappa shape index (κ3) is 2.96. The van der Waals surface area contributed by atoms with Crippen LogP contribution in [0.3, 0.4) is 0 Å². The number of H-pyrrole nitrogens is 1. The van der Waals surface area contributed by atoms with Crippen molar-refractivity contribution in [2.45, 2.75) is 23.1 Å². The fourth-order valence-corrected chi connectivity index (χ4v) is 3.50. The zero-order valence-electron chi connectivity index (χ0n) is 11.8. The predicted octanol–water partition coefficient (Wildman–Crippen LogP) is 4.27. The fraction of sp³-hybridized carbons (Fsp3) is 0.176. The van der Waals surface area contributed by atoms with Crippen molar-refractivity contribution in [2.75, 3.05) is 6.54 Å². The zero-order chi connectivity index (χ0) is 14.8. The maximum Gasteiger partial charge on any atom is 0.125 e. The number of benzene rings is 2. The molecule has 0 spiro atoms. The number of nitrogens with two attached hydrogens (primary N) is 1. The quantitative estimate of drug-likeness (QED) is 0.755. The number of hydrogen-bond acceptors (Lipinski definition) is 2. The lowest BCUT2D eigenvalue weighted by atomic mass is 10.1. The fourth-order valence-electron chi connectivity index (χ4n) is 2.43. The first-order valence-electron chi connectivity index (χ1n) is 6.91. The molecule has 21 heavy (non-hydrogen) atoms. The largest absolute Gasteiger partial charge is 0.360 e. The van der Waals surface area contributed by atoms with Gasteiger partial charge in [-0.1, -0.05) is 29.5 Å². The van der Waals surface area contributed by atoms with E-state index in [4.69, 9.17) is 5.73 Å². The topological polar surface area (TPSA) is 41.8 Å². The Balaban J connectivity index is 1.98. The molecule has 0 amide bonds. The van der Waals surface area contributed by atoms with Gasteiger partial charge in [-0.3, -0.25) is 0 Å². The van der Waals surface area contributed by atoms with E-state index in [1.807, 2.05) is 12.3 Å². The summed E-state index contributed by atoms with van der Waals surface area (Å²) in [7, 11) is 0. The van der Waals surface area contributed by atoms with Crippen LogP contribution in [0.25, 0.3) is 10.9 Å². The van der Waals surface area contributed by atoms with Crippen LogP contribution in [0.5, 0.6) is 0 Å². The Morgan fingerprint density at radius 1 is 1.14 bits per heavy atom. The molecule has 2 aromatic carbocycles. The molecule has 3 rings (SSSR count). The van der Waals surface area contributed by atoms with Gasteiger partial charge in [0, 0.05) is 26.9 Å². The van der Waals surface area contributed by atoms with Crippen molar-refractivity contribution in [3.63, 3.8) is 0 Å². The zero-order valence-corrected chi connectivity index (χ0v) is 12.6. The van der Waals surface area contributed by atoms with Crippen LogP contribution in [0.4, 0.5) is 4.39 Å². The van der Waals surface area contributed by atoms with Gasteiger partial charge in [0.05, 0.1) is 0 Å². The summed E-state index contributed by atoms with van der Waals surface area (Å²) < 4.78 is 13.2. The molecular weight excluding hydrogens is 283 g/mol. The van der Waals surface area contributed by atoms with Crippen molar-refractivity contribution in [3.05, 3.63) is 59.5 Å². The average Bonchev–Trinajstić information content (AvgIpc) is 2.84. The van der Waals surface area contributed by atoms with E-state index < -0.39 is 0 Å². The lowest BCUT2D eigenvalue weighted by Gasteiger charge is -2.09. The van der Waals surface area contributed by atoms with Gasteiger partial charge in [-0.2, -0.15) is 0 Å². The van der Waals surface area contributed by atoms with Gasteiger partial charge in [0.25, 0.3) is 0 Å². The number of fused-ring (bicyclic) bond motifs is 1. The van der Waals surface area contributed by atoms with E-state index in [9.17, 15) is 4.39 Å². The Bertz CT molecular complexity index is 780. The minimum Gasteiger partial charge on any atom is -0.360 e. The summed E-state index contributed by atoms with van der Waals surface area (Å²) in [5.74, 6) is -0.222. The Kier molecular flexibility index (Phi) is 3.99. The molecule has 1 heterocycles. The maximum absolute atomic E-state index is 13.2. The molecule has 2 nitrogen and oxygen atoms in total. The van der Waals surface area contributed by atoms with Crippen molar-refractivity contribution in [3.8, 4) is 0 Å². The van der Waals surface area contributed by atoms with Crippen molar-refractivity contribution in [1.82, 2.24) is 4.98 Å². The highest BCUT2D eigenvalue weighted by Gasteiger charge is 2.09. The van der Waals surface area contributed by atoms with E-state index in [1.165, 1.54) is 28.2 Å². The normalized spacial score (nSPS) is 11.2. The van der Waals surface area contributed by atoms with Crippen LogP contribution in [0, 0.1) is 12.7 Å². The van der Waals surface area contributed by atoms with E-state index in [2.05, 4.69) is 30.1 Å². The summed E-state index contributed by atoms with van der Waals surface area (Å²) in [5.41, 5.74) is 9.03. The van der Waals surface area contributed by atoms with Gasteiger partial charge in [0.1, 0.15) is 5.82 Å². The molecular formula is C17H17FN2S. The van der Waals surface area contributed by atoms with Gasteiger partial charge in [0.2, 0.25) is 0 Å². The van der Waals surface area contributed by atoms with Crippen LogP contribution in [0.2, 0.25) is 0 Å². The molecule has 0 aliphatic heterocycles. The number of hydrogen-bond donors (Lipinski definition) is 2. The SMILES string of the molecule is Cc1ccc(Sc2c[nH]c3cc(F)ccc23)c(CCN)c1. The molecule has 0 unspecified atom stereocenters. The number of nitrogens with one attached hydrogen (secondary N) is 1. The van der Waals surface area contributed by atoms with Gasteiger partial charge < -0.3 is 10.7 Å². The number of aryl methyl sites for hydroxylation is 1. The minimum atomic E-state index is -0.222. The van der Waals surface area contributed by atoms with Crippen molar-refractivity contribution in [1.29, 1.82) is 0 Å². The molecule has 0 saturated carbocycles. The molecule has 0 radical (unpaired) electrons. The van der Waals surface area contributed by atoms with Crippen LogP contribution in [0.1, 0.15) is 11.1 Å². The van der Waals surface area contributed by atoms with Crippen LogP contribution in [0.15, 0.2) is 52.4 Å². The Hall–Kier alpha value is -1.78. The van der Waals surface area contributed by atoms with Crippen molar-refractivity contribution in [2.24, 2.45) is 5.73 Å². The number of rotatable bonds is 4. The van der Waals surface area contributed by atoms with Gasteiger partial charge >= 0.3 is 0 Å². The molecule has 0 fully saturated rings. The smallest absolute Gasteiger partial charge is 0.125 e. The second-order valence-electron chi connectivity index (χ2n) is 5.09. The van der Waals surface area contributed by atoms with E-state index in [-0.39, 0.29) is 5.82 Å². The average molecular weight is 300 g/mol. The summed E-state index contributed by atoms with van der Waals surface area (Å²) in [4.78, 5) is 5.44. The first-order chi connectivity index (χ1) is 10.2. The maximum atomic E-state index is 13.2. The molecule has 0 bridgehead atoms. The summed E-state index contributed by atoms with van der Waals surface area (Å²) in [6.07, 6.45) is 2.79. The molecule has 0 atom stereocenters. The highest BCUT2D eigenvalue weighted by Crippen LogP contribution is 2.36. The van der Waals surface area contributed by atoms with Crippen LogP contribution in [-0.4, -0.2) is 11.5 Å². The first-order valence-corrected chi connectivity index (χ1v) is 7.73. The van der Waals surface area contributed by atoms with Crippen LogP contribution >= 0.6 is 11.8 Å². The van der Waals surface area contributed by atoms with E-state index in [0.29, 0.717) is 6.54 Å². The molecule has 3 aromatic rings. The van der Waals surface area contributed by atoms with Crippen molar-refractivity contribution < 1.29 is 4.39 Å². The molecule has 3 N–H and O–H groups in total. The lowest BCUT2D eigenvalue weighted by molar-refractivity contribution is 0.629. The van der Waals surface area contributed by atoms with E-state index in [1.54, 1.807) is 11.8 Å².